The maximum absolute atomic E-state index is 8.95. The van der Waals surface area contributed by atoms with Gasteiger partial charge >= 0.3 is 0 Å². The Morgan fingerprint density at radius 2 is 2.10 bits per heavy atom. The van der Waals surface area contributed by atoms with Gasteiger partial charge in [0.05, 0.1) is 11.6 Å². The molecule has 0 spiro atoms. The van der Waals surface area contributed by atoms with Gasteiger partial charge in [0.2, 0.25) is 0 Å². The van der Waals surface area contributed by atoms with E-state index < -0.39 is 0 Å². The van der Waals surface area contributed by atoms with E-state index >= 15 is 0 Å². The van der Waals surface area contributed by atoms with E-state index in [4.69, 9.17) is 15.5 Å². The smallest absolute Gasteiger partial charge is 0.147 e. The zero-order valence-electron chi connectivity index (χ0n) is 12.2. The molecular weight excluding hydrogens is 268 g/mol. The summed E-state index contributed by atoms with van der Waals surface area (Å²) in [5.74, 6) is 0.809. The van der Waals surface area contributed by atoms with Gasteiger partial charge in [-0.25, -0.2) is 0 Å². The Kier molecular flexibility index (Phi) is 4.94. The van der Waals surface area contributed by atoms with Gasteiger partial charge in [-0.3, -0.25) is 0 Å². The van der Waals surface area contributed by atoms with Crippen LogP contribution in [0.15, 0.2) is 40.0 Å². The molecule has 1 aromatic carbocycles. The van der Waals surface area contributed by atoms with Crippen LogP contribution in [0.3, 0.4) is 0 Å². The number of nitrogens with zero attached hydrogens (tertiary/aromatic N) is 2. The van der Waals surface area contributed by atoms with Gasteiger partial charge in [-0.1, -0.05) is 40.6 Å². The lowest BCUT2D eigenvalue weighted by molar-refractivity contribution is 0.315. The second kappa shape index (κ2) is 6.90. The van der Waals surface area contributed by atoms with Crippen LogP contribution >= 0.6 is 0 Å². The minimum Gasteiger partial charge on any atom is -0.409 e. The zero-order chi connectivity index (χ0) is 15.2. The number of aryl methyl sites for hydroxylation is 2. The summed E-state index contributed by atoms with van der Waals surface area (Å²) in [6.45, 7) is 4.98. The predicted octanol–water partition coefficient (Wildman–Crippen LogP) is 1.91. The van der Waals surface area contributed by atoms with E-state index in [1.807, 2.05) is 44.2 Å². The molecule has 0 radical (unpaired) electrons. The second-order valence-corrected chi connectivity index (χ2v) is 4.92. The fraction of sp³-hybridized carbons (Fsp3) is 0.333. The average molecular weight is 288 g/mol. The molecule has 0 aliphatic rings. The number of benzene rings is 1. The molecule has 0 bridgehead atoms. The lowest BCUT2D eigenvalue weighted by Crippen LogP contribution is -2.31. The van der Waals surface area contributed by atoms with Gasteiger partial charge in [0.15, 0.2) is 0 Å². The molecule has 1 heterocycles. The number of hydrogen-bond donors (Lipinski definition) is 3. The van der Waals surface area contributed by atoms with Crippen molar-refractivity contribution in [3.8, 4) is 0 Å². The average Bonchev–Trinajstić information content (AvgIpc) is 2.83. The Morgan fingerprint density at radius 3 is 2.67 bits per heavy atom. The van der Waals surface area contributed by atoms with Crippen molar-refractivity contribution in [2.24, 2.45) is 10.9 Å². The summed E-state index contributed by atoms with van der Waals surface area (Å²) in [5, 5.41) is 19.3. The first-order valence-corrected chi connectivity index (χ1v) is 6.78. The Hall–Kier alpha value is -2.34. The van der Waals surface area contributed by atoms with Crippen molar-refractivity contribution in [3.05, 3.63) is 52.9 Å². The SMILES string of the molecule is Cc1noc(C)c1CNCC(C(N)=NO)c1ccccc1. The van der Waals surface area contributed by atoms with Crippen molar-refractivity contribution >= 4 is 5.84 Å². The lowest BCUT2D eigenvalue weighted by atomic mass is 9.98. The highest BCUT2D eigenvalue weighted by Crippen LogP contribution is 2.16. The molecule has 4 N–H and O–H groups in total. The largest absolute Gasteiger partial charge is 0.409 e. The molecule has 1 unspecified atom stereocenters. The van der Waals surface area contributed by atoms with Gasteiger partial charge in [0.25, 0.3) is 0 Å². The summed E-state index contributed by atoms with van der Waals surface area (Å²) in [4.78, 5) is 0. The molecular formula is C15H20N4O2. The summed E-state index contributed by atoms with van der Waals surface area (Å²) in [7, 11) is 0. The molecule has 1 atom stereocenters. The number of nitrogens with one attached hydrogen (secondary N) is 1. The fourth-order valence-electron chi connectivity index (χ4n) is 2.24. The number of hydrogen-bond acceptors (Lipinski definition) is 5. The number of aromatic nitrogens is 1. The molecule has 0 saturated carbocycles. The molecule has 0 amide bonds. The highest BCUT2D eigenvalue weighted by Gasteiger charge is 2.17. The summed E-state index contributed by atoms with van der Waals surface area (Å²) in [5.41, 5.74) is 8.71. The van der Waals surface area contributed by atoms with Crippen LogP contribution in [0.5, 0.6) is 0 Å². The van der Waals surface area contributed by atoms with Crippen molar-refractivity contribution in [1.29, 1.82) is 0 Å². The first kappa shape index (κ1) is 15.1. The molecule has 1 aromatic heterocycles. The summed E-state index contributed by atoms with van der Waals surface area (Å²) in [6, 6.07) is 9.72. The molecule has 2 rings (SSSR count). The first-order valence-electron chi connectivity index (χ1n) is 6.78. The lowest BCUT2D eigenvalue weighted by Gasteiger charge is -2.16. The normalized spacial score (nSPS) is 13.3. The van der Waals surface area contributed by atoms with Gasteiger partial charge in [0, 0.05) is 18.7 Å². The van der Waals surface area contributed by atoms with E-state index in [0.29, 0.717) is 13.1 Å². The summed E-state index contributed by atoms with van der Waals surface area (Å²) >= 11 is 0. The Morgan fingerprint density at radius 1 is 1.38 bits per heavy atom. The molecule has 2 aromatic rings. The van der Waals surface area contributed by atoms with Gasteiger partial charge in [0.1, 0.15) is 11.6 Å². The molecule has 112 valence electrons. The van der Waals surface area contributed by atoms with Crippen LogP contribution in [0, 0.1) is 13.8 Å². The van der Waals surface area contributed by atoms with Gasteiger partial charge in [-0.05, 0) is 19.4 Å². The van der Waals surface area contributed by atoms with E-state index in [1.54, 1.807) is 0 Å². The molecule has 6 nitrogen and oxygen atoms in total. The van der Waals surface area contributed by atoms with E-state index in [2.05, 4.69) is 15.6 Å². The molecule has 21 heavy (non-hydrogen) atoms. The number of nitrogens with two attached hydrogens (primary N) is 1. The fourth-order valence-corrected chi connectivity index (χ4v) is 2.24. The topological polar surface area (TPSA) is 96.7 Å². The highest BCUT2D eigenvalue weighted by molar-refractivity contribution is 5.87. The van der Waals surface area contributed by atoms with E-state index in [9.17, 15) is 0 Å². The monoisotopic (exact) mass is 288 g/mol. The molecule has 6 heteroatoms. The quantitative estimate of drug-likeness (QED) is 0.326. The van der Waals surface area contributed by atoms with Crippen molar-refractivity contribution in [2.75, 3.05) is 6.54 Å². The van der Waals surface area contributed by atoms with Crippen LogP contribution in [0.1, 0.15) is 28.5 Å². The molecule has 0 fully saturated rings. The Balaban J connectivity index is 2.04. The van der Waals surface area contributed by atoms with Crippen LogP contribution in [0.25, 0.3) is 0 Å². The van der Waals surface area contributed by atoms with Crippen molar-refractivity contribution in [1.82, 2.24) is 10.5 Å². The van der Waals surface area contributed by atoms with Crippen LogP contribution in [-0.4, -0.2) is 22.7 Å². The maximum Gasteiger partial charge on any atom is 0.147 e. The number of rotatable bonds is 6. The van der Waals surface area contributed by atoms with Crippen LogP contribution in [0.4, 0.5) is 0 Å². The third-order valence-corrected chi connectivity index (χ3v) is 3.51. The van der Waals surface area contributed by atoms with Crippen LogP contribution in [0.2, 0.25) is 0 Å². The van der Waals surface area contributed by atoms with Gasteiger partial charge < -0.3 is 20.8 Å². The minimum absolute atomic E-state index is 0.184. The highest BCUT2D eigenvalue weighted by atomic mass is 16.5. The summed E-state index contributed by atoms with van der Waals surface area (Å²) < 4.78 is 5.13. The first-order chi connectivity index (χ1) is 10.1. The predicted molar refractivity (Wildman–Crippen MR) is 80.3 cm³/mol. The van der Waals surface area contributed by atoms with Crippen LogP contribution < -0.4 is 11.1 Å². The standard InChI is InChI=1S/C15H20N4O2/c1-10-13(11(2)21-19-10)8-17-9-14(15(16)18-20)12-6-4-3-5-7-12/h3-7,14,17,20H,8-9H2,1-2H3,(H2,16,18). The Bertz CT molecular complexity index is 588. The number of oxime groups is 1. The second-order valence-electron chi connectivity index (χ2n) is 4.92. The Labute approximate surface area is 123 Å². The van der Waals surface area contributed by atoms with Crippen molar-refractivity contribution in [2.45, 2.75) is 26.3 Å². The third-order valence-electron chi connectivity index (χ3n) is 3.51. The number of amidine groups is 1. The van der Waals surface area contributed by atoms with E-state index in [-0.39, 0.29) is 11.8 Å². The van der Waals surface area contributed by atoms with Crippen LogP contribution in [-0.2, 0) is 6.54 Å². The third kappa shape index (κ3) is 3.61. The van der Waals surface area contributed by atoms with E-state index in [0.717, 1.165) is 22.6 Å². The van der Waals surface area contributed by atoms with Crippen molar-refractivity contribution in [3.63, 3.8) is 0 Å². The maximum atomic E-state index is 8.95. The molecule has 0 aliphatic heterocycles. The summed E-state index contributed by atoms with van der Waals surface area (Å²) in [6.07, 6.45) is 0. The van der Waals surface area contributed by atoms with E-state index in [1.165, 1.54) is 0 Å². The minimum atomic E-state index is -0.184. The molecule has 0 saturated heterocycles. The van der Waals surface area contributed by atoms with Gasteiger partial charge in [-0.15, -0.1) is 0 Å². The zero-order valence-corrected chi connectivity index (χ0v) is 12.2. The van der Waals surface area contributed by atoms with Gasteiger partial charge in [-0.2, -0.15) is 0 Å². The molecule has 0 aliphatic carbocycles. The van der Waals surface area contributed by atoms with Crippen molar-refractivity contribution < 1.29 is 9.73 Å².